The second-order valence-electron chi connectivity index (χ2n) is 7.59. The molecule has 7 heteroatoms. The van der Waals surface area contributed by atoms with Crippen LogP contribution in [0.25, 0.3) is 5.69 Å². The molecule has 0 atom stereocenters. The fraction of sp³-hybridized carbons (Fsp3) is 0.350. The summed E-state index contributed by atoms with van der Waals surface area (Å²) in [5.74, 6) is 0.983. The maximum atomic E-state index is 12.5. The number of nitrogens with one attached hydrogen (secondary N) is 1. The molecule has 0 aliphatic heterocycles. The molecule has 0 radical (unpaired) electrons. The zero-order valence-electron chi connectivity index (χ0n) is 16.1. The number of halogens is 1. The molecule has 0 spiro atoms. The Morgan fingerprint density at radius 1 is 1.22 bits per heavy atom. The Labute approximate surface area is 163 Å². The molecule has 1 N–H and O–H groups in total. The van der Waals surface area contributed by atoms with Crippen LogP contribution in [0, 0.1) is 13.8 Å². The maximum Gasteiger partial charge on any atom is 0.230 e. The van der Waals surface area contributed by atoms with Gasteiger partial charge in [-0.1, -0.05) is 37.5 Å². The largest absolute Gasteiger partial charge is 0.359 e. The molecular weight excluding hydrogens is 364 g/mol. The van der Waals surface area contributed by atoms with Crippen LogP contribution in [0.2, 0.25) is 5.02 Å². The fourth-order valence-electron chi connectivity index (χ4n) is 2.80. The Bertz CT molecular complexity index is 965. The molecule has 0 fully saturated rings. The van der Waals surface area contributed by atoms with Crippen molar-refractivity contribution in [2.45, 2.75) is 46.5 Å². The Kier molecular flexibility index (Phi) is 5.11. The summed E-state index contributed by atoms with van der Waals surface area (Å²) in [5.41, 5.74) is 3.36. The monoisotopic (exact) mass is 386 g/mol. The topological polar surface area (TPSA) is 73.0 Å². The third-order valence-electron chi connectivity index (χ3n) is 4.37. The molecule has 0 bridgehead atoms. The van der Waals surface area contributed by atoms with Crippen molar-refractivity contribution in [3.63, 3.8) is 0 Å². The van der Waals surface area contributed by atoms with Gasteiger partial charge in [-0.05, 0) is 38.1 Å². The number of benzene rings is 1. The summed E-state index contributed by atoms with van der Waals surface area (Å²) in [6, 6.07) is 9.19. The molecule has 0 aliphatic carbocycles. The maximum absolute atomic E-state index is 12.5. The number of carbonyl (C=O) groups excluding carboxylic acids is 1. The second kappa shape index (κ2) is 7.19. The van der Waals surface area contributed by atoms with Crippen LogP contribution in [0.3, 0.4) is 0 Å². The highest BCUT2D eigenvalue weighted by Gasteiger charge is 2.21. The normalized spacial score (nSPS) is 11.6. The van der Waals surface area contributed by atoms with E-state index >= 15 is 0 Å². The van der Waals surface area contributed by atoms with Crippen LogP contribution >= 0.6 is 11.6 Å². The number of hydrogen-bond acceptors (Lipinski definition) is 4. The minimum atomic E-state index is -0.164. The molecule has 0 saturated carbocycles. The van der Waals surface area contributed by atoms with Gasteiger partial charge in [0, 0.05) is 27.8 Å². The van der Waals surface area contributed by atoms with E-state index in [1.807, 2.05) is 63.6 Å². The SMILES string of the molecule is Cc1nn(-c2ccc(Cl)cc2)c(C)c1CC(=O)Nc1cc(C(C)(C)C)on1. The first-order valence-electron chi connectivity index (χ1n) is 8.73. The molecule has 1 aromatic carbocycles. The van der Waals surface area contributed by atoms with Crippen molar-refractivity contribution in [3.05, 3.63) is 58.1 Å². The zero-order valence-corrected chi connectivity index (χ0v) is 16.9. The Hall–Kier alpha value is -2.60. The molecule has 3 aromatic rings. The van der Waals surface area contributed by atoms with E-state index in [0.29, 0.717) is 10.8 Å². The van der Waals surface area contributed by atoms with Crippen LogP contribution in [0.4, 0.5) is 5.82 Å². The van der Waals surface area contributed by atoms with Gasteiger partial charge in [0.1, 0.15) is 5.76 Å². The summed E-state index contributed by atoms with van der Waals surface area (Å²) in [7, 11) is 0. The summed E-state index contributed by atoms with van der Waals surface area (Å²) in [6.45, 7) is 9.92. The number of carbonyl (C=O) groups is 1. The van der Waals surface area contributed by atoms with E-state index in [1.54, 1.807) is 6.07 Å². The first-order chi connectivity index (χ1) is 12.6. The molecule has 27 heavy (non-hydrogen) atoms. The number of hydrogen-bond donors (Lipinski definition) is 1. The van der Waals surface area contributed by atoms with Crippen LogP contribution in [0.1, 0.15) is 43.5 Å². The number of rotatable bonds is 4. The molecule has 1 amide bonds. The quantitative estimate of drug-likeness (QED) is 0.710. The molecule has 0 aliphatic rings. The summed E-state index contributed by atoms with van der Waals surface area (Å²) in [6.07, 6.45) is 0.211. The highest BCUT2D eigenvalue weighted by Crippen LogP contribution is 2.25. The predicted molar refractivity (Wildman–Crippen MR) is 106 cm³/mol. The van der Waals surface area contributed by atoms with Crippen molar-refractivity contribution in [3.8, 4) is 5.69 Å². The summed E-state index contributed by atoms with van der Waals surface area (Å²) in [4.78, 5) is 12.5. The average Bonchev–Trinajstić information content (AvgIpc) is 3.16. The second-order valence-corrected chi connectivity index (χ2v) is 8.03. The number of aryl methyl sites for hydroxylation is 1. The Morgan fingerprint density at radius 3 is 2.48 bits per heavy atom. The lowest BCUT2D eigenvalue weighted by Crippen LogP contribution is -2.15. The smallest absolute Gasteiger partial charge is 0.230 e. The Morgan fingerprint density at radius 2 is 1.89 bits per heavy atom. The van der Waals surface area contributed by atoms with E-state index in [9.17, 15) is 4.79 Å². The van der Waals surface area contributed by atoms with Gasteiger partial charge in [-0.15, -0.1) is 0 Å². The number of amides is 1. The van der Waals surface area contributed by atoms with Crippen LogP contribution < -0.4 is 5.32 Å². The lowest BCUT2D eigenvalue weighted by Gasteiger charge is -2.12. The third kappa shape index (κ3) is 4.22. The van der Waals surface area contributed by atoms with Crippen molar-refractivity contribution >= 4 is 23.3 Å². The van der Waals surface area contributed by atoms with E-state index in [-0.39, 0.29) is 17.7 Å². The van der Waals surface area contributed by atoms with Crippen molar-refractivity contribution in [1.29, 1.82) is 0 Å². The number of aromatic nitrogens is 3. The molecular formula is C20H23ClN4O2. The molecule has 3 rings (SSSR count). The van der Waals surface area contributed by atoms with Gasteiger partial charge in [0.15, 0.2) is 5.82 Å². The van der Waals surface area contributed by atoms with Gasteiger partial charge in [-0.3, -0.25) is 4.79 Å². The van der Waals surface area contributed by atoms with E-state index < -0.39 is 0 Å². The Balaban J connectivity index is 1.76. The molecule has 0 unspecified atom stereocenters. The fourth-order valence-corrected chi connectivity index (χ4v) is 2.93. The van der Waals surface area contributed by atoms with Crippen molar-refractivity contribution in [2.75, 3.05) is 5.32 Å². The van der Waals surface area contributed by atoms with Gasteiger partial charge in [0.2, 0.25) is 5.91 Å². The zero-order chi connectivity index (χ0) is 19.8. The molecule has 142 valence electrons. The van der Waals surface area contributed by atoms with Crippen LogP contribution in [-0.2, 0) is 16.6 Å². The first kappa shape index (κ1) is 19.2. The van der Waals surface area contributed by atoms with Crippen molar-refractivity contribution in [1.82, 2.24) is 14.9 Å². The third-order valence-corrected chi connectivity index (χ3v) is 4.62. The first-order valence-corrected chi connectivity index (χ1v) is 9.11. The van der Waals surface area contributed by atoms with Gasteiger partial charge in [0.25, 0.3) is 0 Å². The van der Waals surface area contributed by atoms with Crippen LogP contribution in [0.5, 0.6) is 0 Å². The predicted octanol–water partition coefficient (Wildman–Crippen LogP) is 4.61. The molecule has 2 heterocycles. The number of anilines is 1. The number of nitrogens with zero attached hydrogens (tertiary/aromatic N) is 3. The van der Waals surface area contributed by atoms with Gasteiger partial charge in [0.05, 0.1) is 17.8 Å². The highest BCUT2D eigenvalue weighted by molar-refractivity contribution is 6.30. The van der Waals surface area contributed by atoms with Gasteiger partial charge in [-0.25, -0.2) is 4.68 Å². The minimum Gasteiger partial charge on any atom is -0.359 e. The molecule has 2 aromatic heterocycles. The van der Waals surface area contributed by atoms with Crippen LogP contribution in [0.15, 0.2) is 34.9 Å². The summed E-state index contributed by atoms with van der Waals surface area (Å²) >= 11 is 5.95. The lowest BCUT2D eigenvalue weighted by molar-refractivity contribution is -0.115. The molecule has 6 nitrogen and oxygen atoms in total. The summed E-state index contributed by atoms with van der Waals surface area (Å²) < 4.78 is 7.13. The van der Waals surface area contributed by atoms with Crippen molar-refractivity contribution in [2.24, 2.45) is 0 Å². The lowest BCUT2D eigenvalue weighted by atomic mass is 9.93. The van der Waals surface area contributed by atoms with Gasteiger partial charge < -0.3 is 9.84 Å². The van der Waals surface area contributed by atoms with Crippen molar-refractivity contribution < 1.29 is 9.32 Å². The highest BCUT2D eigenvalue weighted by atomic mass is 35.5. The van der Waals surface area contributed by atoms with E-state index in [4.69, 9.17) is 16.1 Å². The standard InChI is InChI=1S/C20H23ClN4O2/c1-12-16(13(2)25(23-12)15-8-6-14(21)7-9-15)10-19(26)22-18-11-17(27-24-18)20(3,4)5/h6-9,11H,10H2,1-5H3,(H,22,24,26). The van der Waals surface area contributed by atoms with Gasteiger partial charge in [-0.2, -0.15) is 5.10 Å². The van der Waals surface area contributed by atoms with E-state index in [0.717, 1.165) is 28.4 Å². The average molecular weight is 387 g/mol. The van der Waals surface area contributed by atoms with Crippen LogP contribution in [-0.4, -0.2) is 20.8 Å². The molecule has 0 saturated heterocycles. The van der Waals surface area contributed by atoms with E-state index in [1.165, 1.54) is 0 Å². The summed E-state index contributed by atoms with van der Waals surface area (Å²) in [5, 5.41) is 12.0. The van der Waals surface area contributed by atoms with E-state index in [2.05, 4.69) is 15.6 Å². The van der Waals surface area contributed by atoms with Gasteiger partial charge >= 0.3 is 0 Å². The minimum absolute atomic E-state index is 0.161.